The van der Waals surface area contributed by atoms with Crippen LogP contribution in [0.15, 0.2) is 6.07 Å². The lowest BCUT2D eigenvalue weighted by molar-refractivity contribution is -0.149. The molecule has 0 aromatic carbocycles. The maximum Gasteiger partial charge on any atom is 0.309 e. The van der Waals surface area contributed by atoms with E-state index in [9.17, 15) is 9.59 Å². The standard InChI is InChI=1S/C21H29N3O3S/c1-3-27-21(26)15-9-11-23(12-10-15)19(25)18-13-17-14(2)22-24(20(17)28-18)16-7-5-4-6-8-16/h13,15-16H,3-12H2,1-2H3. The topological polar surface area (TPSA) is 64.4 Å². The van der Waals surface area contributed by atoms with Crippen molar-refractivity contribution in [3.63, 3.8) is 0 Å². The van der Waals surface area contributed by atoms with Gasteiger partial charge in [0.1, 0.15) is 4.83 Å². The van der Waals surface area contributed by atoms with Gasteiger partial charge < -0.3 is 9.64 Å². The van der Waals surface area contributed by atoms with Crippen molar-refractivity contribution in [1.29, 1.82) is 0 Å². The molecule has 0 unspecified atom stereocenters. The Morgan fingerprint density at radius 3 is 2.57 bits per heavy atom. The molecule has 1 amide bonds. The molecule has 2 aliphatic rings. The van der Waals surface area contributed by atoms with E-state index in [1.165, 1.54) is 32.1 Å². The smallest absolute Gasteiger partial charge is 0.309 e. The molecule has 152 valence electrons. The van der Waals surface area contributed by atoms with Crippen LogP contribution in [-0.2, 0) is 9.53 Å². The van der Waals surface area contributed by atoms with Crippen LogP contribution in [0, 0.1) is 12.8 Å². The van der Waals surface area contributed by atoms with E-state index in [1.54, 1.807) is 11.3 Å². The van der Waals surface area contributed by atoms with E-state index in [-0.39, 0.29) is 17.8 Å². The molecular formula is C21H29N3O3S. The quantitative estimate of drug-likeness (QED) is 0.713. The minimum absolute atomic E-state index is 0.0755. The van der Waals surface area contributed by atoms with Gasteiger partial charge in [-0.15, -0.1) is 11.3 Å². The summed E-state index contributed by atoms with van der Waals surface area (Å²) in [5.41, 5.74) is 1.01. The second-order valence-corrected chi connectivity index (χ2v) is 9.00. The van der Waals surface area contributed by atoms with Crippen molar-refractivity contribution in [1.82, 2.24) is 14.7 Å². The number of thiophene rings is 1. The predicted octanol–water partition coefficient (Wildman–Crippen LogP) is 4.33. The van der Waals surface area contributed by atoms with Gasteiger partial charge in [-0.3, -0.25) is 14.3 Å². The van der Waals surface area contributed by atoms with Gasteiger partial charge in [-0.05, 0) is 45.6 Å². The van der Waals surface area contributed by atoms with Crippen LogP contribution in [-0.4, -0.2) is 46.3 Å². The number of carbonyl (C=O) groups excluding carboxylic acids is 2. The monoisotopic (exact) mass is 403 g/mol. The molecule has 0 spiro atoms. The molecule has 0 radical (unpaired) electrons. The van der Waals surface area contributed by atoms with Crippen LogP contribution in [0.25, 0.3) is 10.2 Å². The molecule has 7 heteroatoms. The molecule has 0 N–H and O–H groups in total. The van der Waals surface area contributed by atoms with Crippen LogP contribution in [0.5, 0.6) is 0 Å². The van der Waals surface area contributed by atoms with Crippen molar-refractivity contribution in [2.45, 2.75) is 64.8 Å². The summed E-state index contributed by atoms with van der Waals surface area (Å²) in [4.78, 5) is 28.8. The first-order chi connectivity index (χ1) is 13.6. The summed E-state index contributed by atoms with van der Waals surface area (Å²) >= 11 is 1.57. The maximum absolute atomic E-state index is 13.1. The van der Waals surface area contributed by atoms with Crippen molar-refractivity contribution in [2.24, 2.45) is 5.92 Å². The summed E-state index contributed by atoms with van der Waals surface area (Å²) in [5.74, 6) is -0.119. The number of hydrogen-bond donors (Lipinski definition) is 0. The number of ether oxygens (including phenoxy) is 1. The Balaban J connectivity index is 1.48. The highest BCUT2D eigenvalue weighted by molar-refractivity contribution is 7.20. The van der Waals surface area contributed by atoms with Gasteiger partial charge in [0.05, 0.1) is 29.1 Å². The summed E-state index contributed by atoms with van der Waals surface area (Å²) in [6.45, 7) is 5.51. The summed E-state index contributed by atoms with van der Waals surface area (Å²) in [6.07, 6.45) is 7.57. The first-order valence-electron chi connectivity index (χ1n) is 10.5. The number of aromatic nitrogens is 2. The van der Waals surface area contributed by atoms with Crippen molar-refractivity contribution in [3.05, 3.63) is 16.6 Å². The fraction of sp³-hybridized carbons (Fsp3) is 0.667. The molecule has 3 heterocycles. The van der Waals surface area contributed by atoms with E-state index in [0.29, 0.717) is 38.6 Å². The number of hydrogen-bond acceptors (Lipinski definition) is 5. The molecule has 2 fully saturated rings. The van der Waals surface area contributed by atoms with E-state index in [2.05, 4.69) is 4.68 Å². The first-order valence-corrected chi connectivity index (χ1v) is 11.3. The van der Waals surface area contributed by atoms with Gasteiger partial charge in [0.2, 0.25) is 0 Å². The second-order valence-electron chi connectivity index (χ2n) is 7.97. The van der Waals surface area contributed by atoms with E-state index < -0.39 is 0 Å². The zero-order valence-electron chi connectivity index (χ0n) is 16.8. The lowest BCUT2D eigenvalue weighted by Gasteiger charge is -2.30. The Kier molecular flexibility index (Phi) is 5.71. The SMILES string of the molecule is CCOC(=O)C1CCN(C(=O)c2cc3c(C)nn(C4CCCCC4)c3s2)CC1. The maximum atomic E-state index is 13.1. The molecule has 6 nitrogen and oxygen atoms in total. The van der Waals surface area contributed by atoms with Gasteiger partial charge in [-0.1, -0.05) is 19.3 Å². The summed E-state index contributed by atoms with van der Waals surface area (Å²) in [7, 11) is 0. The van der Waals surface area contributed by atoms with Gasteiger partial charge in [0, 0.05) is 18.5 Å². The average molecular weight is 404 g/mol. The highest BCUT2D eigenvalue weighted by Gasteiger charge is 2.30. The molecular weight excluding hydrogens is 374 g/mol. The first kappa shape index (κ1) is 19.4. The number of amides is 1. The highest BCUT2D eigenvalue weighted by Crippen LogP contribution is 2.36. The zero-order chi connectivity index (χ0) is 19.7. The Morgan fingerprint density at radius 1 is 1.18 bits per heavy atom. The van der Waals surface area contributed by atoms with Gasteiger partial charge in [0.15, 0.2) is 0 Å². The molecule has 1 saturated heterocycles. The van der Waals surface area contributed by atoms with Crippen LogP contribution in [0.1, 0.15) is 73.3 Å². The van der Waals surface area contributed by atoms with E-state index in [0.717, 1.165) is 20.8 Å². The van der Waals surface area contributed by atoms with Crippen LogP contribution < -0.4 is 0 Å². The number of carbonyl (C=O) groups is 2. The third-order valence-corrected chi connectivity index (χ3v) is 7.21. The Bertz CT molecular complexity index is 858. The molecule has 0 atom stereocenters. The van der Waals surface area contributed by atoms with Crippen LogP contribution >= 0.6 is 11.3 Å². The summed E-state index contributed by atoms with van der Waals surface area (Å²) < 4.78 is 7.30. The van der Waals surface area contributed by atoms with Crippen molar-refractivity contribution in [2.75, 3.05) is 19.7 Å². The fourth-order valence-electron chi connectivity index (χ4n) is 4.48. The zero-order valence-corrected chi connectivity index (χ0v) is 17.6. The number of nitrogens with zero attached hydrogens (tertiary/aromatic N) is 3. The molecule has 1 aliphatic carbocycles. The number of likely N-dealkylation sites (tertiary alicyclic amines) is 1. The molecule has 1 aliphatic heterocycles. The molecule has 2 aromatic rings. The number of fused-ring (bicyclic) bond motifs is 1. The lowest BCUT2D eigenvalue weighted by atomic mass is 9.96. The lowest BCUT2D eigenvalue weighted by Crippen LogP contribution is -2.40. The minimum atomic E-state index is -0.125. The van der Waals surface area contributed by atoms with E-state index in [1.807, 2.05) is 24.8 Å². The van der Waals surface area contributed by atoms with E-state index in [4.69, 9.17) is 9.84 Å². The number of piperidine rings is 1. The molecule has 2 aromatic heterocycles. The van der Waals surface area contributed by atoms with Crippen molar-refractivity contribution >= 4 is 33.4 Å². The van der Waals surface area contributed by atoms with Gasteiger partial charge in [-0.25, -0.2) is 0 Å². The van der Waals surface area contributed by atoms with Crippen LogP contribution in [0.4, 0.5) is 0 Å². The number of rotatable bonds is 4. The highest BCUT2D eigenvalue weighted by atomic mass is 32.1. The second kappa shape index (κ2) is 8.23. The fourth-order valence-corrected chi connectivity index (χ4v) is 5.69. The van der Waals surface area contributed by atoms with E-state index >= 15 is 0 Å². The summed E-state index contributed by atoms with van der Waals surface area (Å²) in [5, 5.41) is 5.90. The Morgan fingerprint density at radius 2 is 1.89 bits per heavy atom. The van der Waals surface area contributed by atoms with Gasteiger partial charge in [0.25, 0.3) is 5.91 Å². The largest absolute Gasteiger partial charge is 0.466 e. The number of aryl methyl sites for hydroxylation is 1. The van der Waals surface area contributed by atoms with Crippen LogP contribution in [0.2, 0.25) is 0 Å². The minimum Gasteiger partial charge on any atom is -0.466 e. The molecule has 0 bridgehead atoms. The van der Waals surface area contributed by atoms with Crippen molar-refractivity contribution < 1.29 is 14.3 Å². The third kappa shape index (κ3) is 3.69. The molecule has 1 saturated carbocycles. The number of esters is 1. The van der Waals surface area contributed by atoms with Crippen LogP contribution in [0.3, 0.4) is 0 Å². The molecule has 28 heavy (non-hydrogen) atoms. The molecule has 4 rings (SSSR count). The Hall–Kier alpha value is -1.89. The van der Waals surface area contributed by atoms with Gasteiger partial charge >= 0.3 is 5.97 Å². The summed E-state index contributed by atoms with van der Waals surface area (Å²) in [6, 6.07) is 2.48. The van der Waals surface area contributed by atoms with Gasteiger partial charge in [-0.2, -0.15) is 5.10 Å². The Labute approximate surface area is 169 Å². The van der Waals surface area contributed by atoms with Crippen molar-refractivity contribution in [3.8, 4) is 0 Å². The third-order valence-electron chi connectivity index (χ3n) is 6.10. The average Bonchev–Trinajstić information content (AvgIpc) is 3.29. The predicted molar refractivity (Wildman–Crippen MR) is 110 cm³/mol. The normalized spacial score (nSPS) is 19.3.